The molecule has 0 N–H and O–H groups in total. The molecule has 1 aliphatic heterocycles. The Morgan fingerprint density at radius 3 is 2.46 bits per heavy atom. The average molecular weight is 383 g/mol. The Kier molecular flexibility index (Phi) is 8.04. The van der Waals surface area contributed by atoms with Crippen molar-refractivity contribution in [2.75, 3.05) is 33.9 Å². The molecule has 0 spiro atoms. The van der Waals surface area contributed by atoms with E-state index in [1.54, 1.807) is 7.11 Å². The number of benzene rings is 1. The first-order valence-corrected chi connectivity index (χ1v) is 9.46. The Morgan fingerprint density at radius 1 is 1.12 bits per heavy atom. The second-order valence-electron chi connectivity index (χ2n) is 7.11. The standard InChI is InChI=1S/C20H30N2O3.ClH/c1-21(16-9-3-4-10-17(16)22-13-7-8-14-22)20(23)15-25-19-12-6-5-11-18(19)24-2;/h5-6,11-12,16-17H,3-4,7-10,13-15H2,1-2H3;1H. The van der Waals surface area contributed by atoms with Crippen molar-refractivity contribution in [2.45, 2.75) is 50.6 Å². The van der Waals surface area contributed by atoms with Gasteiger partial charge in [-0.1, -0.05) is 25.0 Å². The normalized spacial score (nSPS) is 23.2. The van der Waals surface area contributed by atoms with Crippen LogP contribution in [0.1, 0.15) is 38.5 Å². The van der Waals surface area contributed by atoms with Crippen LogP contribution in [-0.2, 0) is 4.79 Å². The van der Waals surface area contributed by atoms with E-state index in [1.807, 2.05) is 36.2 Å². The molecule has 1 saturated heterocycles. The summed E-state index contributed by atoms with van der Waals surface area (Å²) in [4.78, 5) is 17.2. The Bertz CT molecular complexity index is 578. The van der Waals surface area contributed by atoms with Crippen LogP contribution in [0.5, 0.6) is 11.5 Å². The van der Waals surface area contributed by atoms with Crippen molar-refractivity contribution >= 4 is 18.3 Å². The molecule has 2 unspecified atom stereocenters. The molecule has 0 aromatic heterocycles. The Morgan fingerprint density at radius 2 is 1.77 bits per heavy atom. The molecule has 1 aromatic rings. The summed E-state index contributed by atoms with van der Waals surface area (Å²) in [7, 11) is 3.55. The minimum Gasteiger partial charge on any atom is -0.493 e. The molecule has 3 rings (SSSR count). The molecule has 0 radical (unpaired) electrons. The van der Waals surface area contributed by atoms with E-state index in [-0.39, 0.29) is 24.9 Å². The minimum atomic E-state index is 0. The second-order valence-corrected chi connectivity index (χ2v) is 7.11. The highest BCUT2D eigenvalue weighted by atomic mass is 35.5. The molecule has 0 bridgehead atoms. The molecule has 5 nitrogen and oxygen atoms in total. The lowest BCUT2D eigenvalue weighted by atomic mass is 9.88. The number of rotatable bonds is 6. The lowest BCUT2D eigenvalue weighted by Gasteiger charge is -2.42. The summed E-state index contributed by atoms with van der Waals surface area (Å²) in [5.74, 6) is 1.32. The molecule has 1 saturated carbocycles. The second kappa shape index (κ2) is 10.0. The van der Waals surface area contributed by atoms with Crippen LogP contribution < -0.4 is 9.47 Å². The maximum atomic E-state index is 12.7. The van der Waals surface area contributed by atoms with Gasteiger partial charge in [-0.25, -0.2) is 0 Å². The number of halogens is 1. The van der Waals surface area contributed by atoms with E-state index in [4.69, 9.17) is 9.47 Å². The summed E-state index contributed by atoms with van der Waals surface area (Å²) in [6.07, 6.45) is 7.36. The van der Waals surface area contributed by atoms with Gasteiger partial charge in [-0.3, -0.25) is 9.69 Å². The van der Waals surface area contributed by atoms with E-state index in [0.717, 1.165) is 6.42 Å². The Labute approximate surface area is 163 Å². The van der Waals surface area contributed by atoms with Gasteiger partial charge in [0.15, 0.2) is 18.1 Å². The lowest BCUT2D eigenvalue weighted by Crippen LogP contribution is -2.53. The van der Waals surface area contributed by atoms with E-state index in [1.165, 1.54) is 45.2 Å². The molecule has 146 valence electrons. The summed E-state index contributed by atoms with van der Waals surface area (Å²) >= 11 is 0. The van der Waals surface area contributed by atoms with E-state index in [0.29, 0.717) is 23.6 Å². The van der Waals surface area contributed by atoms with Crippen molar-refractivity contribution in [1.29, 1.82) is 0 Å². The monoisotopic (exact) mass is 382 g/mol. The lowest BCUT2D eigenvalue weighted by molar-refractivity contribution is -0.136. The van der Waals surface area contributed by atoms with Gasteiger partial charge in [0.25, 0.3) is 5.91 Å². The number of hydrogen-bond acceptors (Lipinski definition) is 4. The summed E-state index contributed by atoms with van der Waals surface area (Å²) < 4.78 is 11.0. The zero-order valence-corrected chi connectivity index (χ0v) is 16.7. The van der Waals surface area contributed by atoms with Crippen LogP contribution in [0.2, 0.25) is 0 Å². The molecular weight excluding hydrogens is 352 g/mol. The van der Waals surface area contributed by atoms with Crippen molar-refractivity contribution in [3.05, 3.63) is 24.3 Å². The topological polar surface area (TPSA) is 42.0 Å². The maximum absolute atomic E-state index is 12.7. The summed E-state index contributed by atoms with van der Waals surface area (Å²) in [6.45, 7) is 2.42. The maximum Gasteiger partial charge on any atom is 0.260 e. The number of ether oxygens (including phenoxy) is 2. The van der Waals surface area contributed by atoms with Crippen molar-refractivity contribution in [2.24, 2.45) is 0 Å². The van der Waals surface area contributed by atoms with Crippen molar-refractivity contribution in [3.63, 3.8) is 0 Å². The summed E-state index contributed by atoms with van der Waals surface area (Å²) in [5, 5.41) is 0. The molecule has 1 amide bonds. The first kappa shape index (κ1) is 20.8. The number of likely N-dealkylation sites (tertiary alicyclic amines) is 1. The number of carbonyl (C=O) groups excluding carboxylic acids is 1. The van der Waals surface area contributed by atoms with E-state index < -0.39 is 0 Å². The molecule has 26 heavy (non-hydrogen) atoms. The third-order valence-corrected chi connectivity index (χ3v) is 5.61. The van der Waals surface area contributed by atoms with E-state index >= 15 is 0 Å². The van der Waals surface area contributed by atoms with E-state index in [2.05, 4.69) is 4.90 Å². The molecule has 1 heterocycles. The first-order valence-electron chi connectivity index (χ1n) is 9.46. The predicted molar refractivity (Wildman–Crippen MR) is 105 cm³/mol. The third kappa shape index (κ3) is 4.83. The number of methoxy groups -OCH3 is 1. The number of amides is 1. The predicted octanol–water partition coefficient (Wildman–Crippen LogP) is 3.36. The van der Waals surface area contributed by atoms with Crippen molar-refractivity contribution in [3.8, 4) is 11.5 Å². The largest absolute Gasteiger partial charge is 0.493 e. The molecule has 2 fully saturated rings. The van der Waals surface area contributed by atoms with Gasteiger partial charge in [-0.05, 0) is 50.9 Å². The number of nitrogens with zero attached hydrogens (tertiary/aromatic N) is 2. The Hall–Kier alpha value is -1.46. The fourth-order valence-electron chi connectivity index (χ4n) is 4.21. The smallest absolute Gasteiger partial charge is 0.260 e. The number of likely N-dealkylation sites (N-methyl/N-ethyl adjacent to an activating group) is 1. The van der Waals surface area contributed by atoms with Crippen LogP contribution in [0.4, 0.5) is 0 Å². The zero-order chi connectivity index (χ0) is 17.6. The van der Waals surface area contributed by atoms with Gasteiger partial charge in [0.1, 0.15) is 0 Å². The van der Waals surface area contributed by atoms with Gasteiger partial charge in [-0.2, -0.15) is 0 Å². The first-order chi connectivity index (χ1) is 12.2. The van der Waals surface area contributed by atoms with Crippen LogP contribution in [0.25, 0.3) is 0 Å². The molecule has 2 aliphatic rings. The summed E-state index contributed by atoms with van der Waals surface area (Å²) in [5.41, 5.74) is 0. The highest BCUT2D eigenvalue weighted by molar-refractivity contribution is 5.85. The summed E-state index contributed by atoms with van der Waals surface area (Å²) in [6, 6.07) is 8.27. The van der Waals surface area contributed by atoms with E-state index in [9.17, 15) is 4.79 Å². The number of carbonyl (C=O) groups is 1. The van der Waals surface area contributed by atoms with Gasteiger partial charge in [0, 0.05) is 19.1 Å². The van der Waals surface area contributed by atoms with Crippen LogP contribution >= 0.6 is 12.4 Å². The zero-order valence-electron chi connectivity index (χ0n) is 15.9. The molecule has 1 aliphatic carbocycles. The average Bonchev–Trinajstić information content (AvgIpc) is 3.20. The van der Waals surface area contributed by atoms with Crippen molar-refractivity contribution in [1.82, 2.24) is 9.80 Å². The van der Waals surface area contributed by atoms with Crippen LogP contribution in [-0.4, -0.2) is 61.6 Å². The molecule has 2 atom stereocenters. The quantitative estimate of drug-likeness (QED) is 0.756. The Balaban J connectivity index is 0.00000243. The van der Waals surface area contributed by atoms with Gasteiger partial charge < -0.3 is 14.4 Å². The molecule has 6 heteroatoms. The van der Waals surface area contributed by atoms with Gasteiger partial charge in [0.05, 0.1) is 7.11 Å². The fraction of sp³-hybridized carbons (Fsp3) is 0.650. The highest BCUT2D eigenvalue weighted by Crippen LogP contribution is 2.30. The van der Waals surface area contributed by atoms with Crippen LogP contribution in [0, 0.1) is 0 Å². The fourth-order valence-corrected chi connectivity index (χ4v) is 4.21. The third-order valence-electron chi connectivity index (χ3n) is 5.61. The molecule has 1 aromatic carbocycles. The van der Waals surface area contributed by atoms with Crippen LogP contribution in [0.3, 0.4) is 0 Å². The van der Waals surface area contributed by atoms with Crippen molar-refractivity contribution < 1.29 is 14.3 Å². The van der Waals surface area contributed by atoms with Gasteiger partial charge in [-0.15, -0.1) is 12.4 Å². The van der Waals surface area contributed by atoms with Gasteiger partial charge in [0.2, 0.25) is 0 Å². The van der Waals surface area contributed by atoms with Gasteiger partial charge >= 0.3 is 0 Å². The number of para-hydroxylation sites is 2. The highest BCUT2D eigenvalue weighted by Gasteiger charge is 2.35. The number of hydrogen-bond donors (Lipinski definition) is 0. The molecular formula is C20H31ClN2O3. The SMILES string of the molecule is COc1ccccc1OCC(=O)N(C)C1CCCCC1N1CCCC1.Cl. The van der Waals surface area contributed by atoms with Crippen LogP contribution in [0.15, 0.2) is 24.3 Å². The minimum absolute atomic E-state index is 0.